The topological polar surface area (TPSA) is 34.9 Å². The van der Waals surface area contributed by atoms with Crippen LogP contribution >= 0.6 is 11.3 Å². The molecule has 0 aliphatic rings. The van der Waals surface area contributed by atoms with E-state index in [1.54, 1.807) is 28.3 Å². The third-order valence-corrected chi connectivity index (χ3v) is 3.06. The fraction of sp³-hybridized carbons (Fsp3) is 0.167. The average molecular weight is 232 g/mol. The van der Waals surface area contributed by atoms with E-state index in [0.29, 0.717) is 5.56 Å². The van der Waals surface area contributed by atoms with Crippen molar-refractivity contribution >= 4 is 23.2 Å². The van der Waals surface area contributed by atoms with Gasteiger partial charge in [-0.3, -0.25) is 9.48 Å². The Morgan fingerprint density at radius 2 is 2.38 bits per heavy atom. The van der Waals surface area contributed by atoms with Crippen LogP contribution in [0.3, 0.4) is 0 Å². The van der Waals surface area contributed by atoms with E-state index in [9.17, 15) is 4.79 Å². The minimum atomic E-state index is -0.000926. The number of rotatable bonds is 3. The summed E-state index contributed by atoms with van der Waals surface area (Å²) in [5.41, 5.74) is 1.43. The summed E-state index contributed by atoms with van der Waals surface area (Å²) in [7, 11) is 1.81. The Kier molecular flexibility index (Phi) is 3.01. The van der Waals surface area contributed by atoms with Gasteiger partial charge < -0.3 is 0 Å². The lowest BCUT2D eigenvalue weighted by Crippen LogP contribution is -1.94. The predicted molar refractivity (Wildman–Crippen MR) is 65.6 cm³/mol. The van der Waals surface area contributed by atoms with Crippen molar-refractivity contribution in [1.29, 1.82) is 0 Å². The van der Waals surface area contributed by atoms with Crippen LogP contribution in [0.2, 0.25) is 0 Å². The molecule has 0 spiro atoms. The van der Waals surface area contributed by atoms with Crippen LogP contribution in [-0.4, -0.2) is 15.6 Å². The quantitative estimate of drug-likeness (QED) is 0.602. The molecule has 0 fully saturated rings. The third kappa shape index (κ3) is 2.28. The molecule has 0 saturated carbocycles. The molecule has 16 heavy (non-hydrogen) atoms. The molecule has 0 aromatic carbocycles. The van der Waals surface area contributed by atoms with E-state index >= 15 is 0 Å². The van der Waals surface area contributed by atoms with Gasteiger partial charge in [-0.25, -0.2) is 0 Å². The van der Waals surface area contributed by atoms with E-state index in [4.69, 9.17) is 0 Å². The second-order valence-corrected chi connectivity index (χ2v) is 4.49. The Balaban J connectivity index is 2.17. The summed E-state index contributed by atoms with van der Waals surface area (Å²) in [4.78, 5) is 12.9. The van der Waals surface area contributed by atoms with E-state index in [1.807, 2.05) is 37.6 Å². The van der Waals surface area contributed by atoms with Crippen molar-refractivity contribution in [1.82, 2.24) is 9.78 Å². The number of hydrogen-bond donors (Lipinski definition) is 0. The van der Waals surface area contributed by atoms with Gasteiger partial charge in [-0.2, -0.15) is 5.10 Å². The minimum absolute atomic E-state index is 0.000926. The Labute approximate surface area is 98.0 Å². The fourth-order valence-electron chi connectivity index (χ4n) is 1.48. The zero-order valence-corrected chi connectivity index (χ0v) is 9.99. The van der Waals surface area contributed by atoms with E-state index < -0.39 is 0 Å². The number of hydrogen-bond acceptors (Lipinski definition) is 3. The summed E-state index contributed by atoms with van der Waals surface area (Å²) >= 11 is 1.61. The Morgan fingerprint density at radius 1 is 1.56 bits per heavy atom. The van der Waals surface area contributed by atoms with Crippen molar-refractivity contribution in [3.05, 3.63) is 45.9 Å². The molecule has 2 rings (SSSR count). The van der Waals surface area contributed by atoms with Crippen molar-refractivity contribution in [2.45, 2.75) is 6.92 Å². The van der Waals surface area contributed by atoms with E-state index in [-0.39, 0.29) is 5.78 Å². The van der Waals surface area contributed by atoms with Gasteiger partial charge in [-0.15, -0.1) is 11.3 Å². The van der Waals surface area contributed by atoms with Gasteiger partial charge in [0.1, 0.15) is 0 Å². The molecule has 0 bridgehead atoms. The van der Waals surface area contributed by atoms with Gasteiger partial charge in [-0.05, 0) is 30.5 Å². The van der Waals surface area contributed by atoms with Crippen LogP contribution in [0.15, 0.2) is 29.8 Å². The van der Waals surface area contributed by atoms with Crippen LogP contribution in [0.5, 0.6) is 0 Å². The summed E-state index contributed by atoms with van der Waals surface area (Å²) in [5.74, 6) is -0.000926. The number of aryl methyl sites for hydroxylation is 2. The number of carbonyl (C=O) groups excluding carboxylic acids is 1. The summed E-state index contributed by atoms with van der Waals surface area (Å²) < 4.78 is 1.65. The first-order valence-electron chi connectivity index (χ1n) is 4.93. The molecule has 0 N–H and O–H groups in total. The van der Waals surface area contributed by atoms with E-state index in [2.05, 4.69) is 5.10 Å². The molecule has 0 radical (unpaired) electrons. The number of carbonyl (C=O) groups is 1. The summed E-state index contributed by atoms with van der Waals surface area (Å²) in [6.45, 7) is 1.84. The summed E-state index contributed by atoms with van der Waals surface area (Å²) in [6.07, 6.45) is 5.17. The summed E-state index contributed by atoms with van der Waals surface area (Å²) in [6, 6.07) is 3.94. The molecule has 0 aliphatic heterocycles. The molecule has 0 unspecified atom stereocenters. The van der Waals surface area contributed by atoms with Crippen LogP contribution in [0.25, 0.3) is 6.08 Å². The molecule has 0 saturated heterocycles. The standard InChI is InChI=1S/C12H12N2OS/c1-9-11(8-14(2)13-9)12(15)6-5-10-4-3-7-16-10/h3-8H,1-2H3. The highest BCUT2D eigenvalue weighted by atomic mass is 32.1. The lowest BCUT2D eigenvalue weighted by atomic mass is 10.1. The molecule has 2 heterocycles. The zero-order chi connectivity index (χ0) is 11.5. The molecule has 4 heteroatoms. The Morgan fingerprint density at radius 3 is 2.94 bits per heavy atom. The summed E-state index contributed by atoms with van der Waals surface area (Å²) in [5, 5.41) is 6.13. The Hall–Kier alpha value is -1.68. The van der Waals surface area contributed by atoms with Crippen molar-refractivity contribution in [3.8, 4) is 0 Å². The molecule has 0 amide bonds. The highest BCUT2D eigenvalue weighted by Crippen LogP contribution is 2.12. The second-order valence-electron chi connectivity index (χ2n) is 3.51. The maximum Gasteiger partial charge on any atom is 0.189 e. The molecule has 0 atom stereocenters. The van der Waals surface area contributed by atoms with Crippen LogP contribution in [-0.2, 0) is 7.05 Å². The van der Waals surface area contributed by atoms with Gasteiger partial charge in [0.25, 0.3) is 0 Å². The van der Waals surface area contributed by atoms with Crippen LogP contribution in [0.4, 0.5) is 0 Å². The predicted octanol–water partition coefficient (Wildman–Crippen LogP) is 2.69. The molecule has 2 aromatic rings. The second kappa shape index (κ2) is 4.45. The van der Waals surface area contributed by atoms with Crippen molar-refractivity contribution in [2.24, 2.45) is 7.05 Å². The maximum atomic E-state index is 11.8. The zero-order valence-electron chi connectivity index (χ0n) is 9.18. The first-order chi connectivity index (χ1) is 7.66. The van der Waals surface area contributed by atoms with Crippen molar-refractivity contribution in [2.75, 3.05) is 0 Å². The van der Waals surface area contributed by atoms with Crippen LogP contribution in [0, 0.1) is 6.92 Å². The van der Waals surface area contributed by atoms with Crippen LogP contribution < -0.4 is 0 Å². The third-order valence-electron chi connectivity index (χ3n) is 2.22. The lowest BCUT2D eigenvalue weighted by Gasteiger charge is -1.90. The van der Waals surface area contributed by atoms with Gasteiger partial charge >= 0.3 is 0 Å². The normalized spacial score (nSPS) is 11.1. The molecule has 82 valence electrons. The van der Waals surface area contributed by atoms with Gasteiger partial charge in [0, 0.05) is 18.1 Å². The van der Waals surface area contributed by atoms with Crippen molar-refractivity contribution < 1.29 is 4.79 Å². The number of aromatic nitrogens is 2. The highest BCUT2D eigenvalue weighted by molar-refractivity contribution is 7.10. The van der Waals surface area contributed by atoms with Crippen molar-refractivity contribution in [3.63, 3.8) is 0 Å². The molecule has 2 aromatic heterocycles. The highest BCUT2D eigenvalue weighted by Gasteiger charge is 2.08. The van der Waals surface area contributed by atoms with E-state index in [1.165, 1.54) is 0 Å². The smallest absolute Gasteiger partial charge is 0.189 e. The lowest BCUT2D eigenvalue weighted by molar-refractivity contribution is 0.104. The first-order valence-corrected chi connectivity index (χ1v) is 5.81. The van der Waals surface area contributed by atoms with Gasteiger partial charge in [0.15, 0.2) is 5.78 Å². The number of ketones is 1. The van der Waals surface area contributed by atoms with Gasteiger partial charge in [-0.1, -0.05) is 6.07 Å². The van der Waals surface area contributed by atoms with E-state index in [0.717, 1.165) is 10.6 Å². The number of thiophene rings is 1. The monoisotopic (exact) mass is 232 g/mol. The SMILES string of the molecule is Cc1nn(C)cc1C(=O)C=Cc1cccs1. The minimum Gasteiger partial charge on any atom is -0.289 e. The molecular weight excluding hydrogens is 220 g/mol. The molecular formula is C12H12N2OS. The van der Waals surface area contributed by atoms with Gasteiger partial charge in [0.2, 0.25) is 0 Å². The first kappa shape index (κ1) is 10.8. The van der Waals surface area contributed by atoms with Crippen LogP contribution in [0.1, 0.15) is 20.9 Å². The average Bonchev–Trinajstić information content (AvgIpc) is 2.84. The molecule has 0 aliphatic carbocycles. The maximum absolute atomic E-state index is 11.8. The fourth-order valence-corrected chi connectivity index (χ4v) is 2.09. The number of allylic oxidation sites excluding steroid dienone is 1. The Bertz CT molecular complexity index is 523. The molecule has 3 nitrogen and oxygen atoms in total. The number of nitrogens with zero attached hydrogens (tertiary/aromatic N) is 2. The van der Waals surface area contributed by atoms with Gasteiger partial charge in [0.05, 0.1) is 11.3 Å². The largest absolute Gasteiger partial charge is 0.289 e.